The van der Waals surface area contributed by atoms with Crippen molar-refractivity contribution in [2.75, 3.05) is 31.9 Å². The molecule has 1 amide bonds. The van der Waals surface area contributed by atoms with Crippen molar-refractivity contribution in [3.63, 3.8) is 0 Å². The van der Waals surface area contributed by atoms with E-state index in [0.717, 1.165) is 38.8 Å². The molecule has 0 spiro atoms. The predicted molar refractivity (Wildman–Crippen MR) is 106 cm³/mol. The van der Waals surface area contributed by atoms with Crippen LogP contribution in [0.5, 0.6) is 0 Å². The molecule has 27 heavy (non-hydrogen) atoms. The lowest BCUT2D eigenvalue weighted by atomic mass is 9.95. The molecule has 1 aliphatic carbocycles. The summed E-state index contributed by atoms with van der Waals surface area (Å²) >= 11 is 0. The number of sulfonamides is 1. The van der Waals surface area contributed by atoms with Gasteiger partial charge >= 0.3 is 0 Å². The molecule has 2 saturated heterocycles. The Balaban J connectivity index is 1.47. The average Bonchev–Trinajstić information content (AvgIpc) is 2.69. The van der Waals surface area contributed by atoms with Crippen LogP contribution in [-0.2, 0) is 19.6 Å². The van der Waals surface area contributed by atoms with Crippen LogP contribution in [0.1, 0.15) is 71.1 Å². The van der Waals surface area contributed by atoms with Gasteiger partial charge in [-0.25, -0.2) is 12.7 Å². The first-order valence-electron chi connectivity index (χ1n) is 10.9. The van der Waals surface area contributed by atoms with Crippen molar-refractivity contribution in [2.24, 2.45) is 5.92 Å². The van der Waals surface area contributed by atoms with Gasteiger partial charge in [0.05, 0.1) is 23.9 Å². The molecule has 0 radical (unpaired) electrons. The first-order chi connectivity index (χ1) is 13.0. The summed E-state index contributed by atoms with van der Waals surface area (Å²) in [5, 5.41) is 0. The lowest BCUT2D eigenvalue weighted by Gasteiger charge is -2.38. The van der Waals surface area contributed by atoms with E-state index in [4.69, 9.17) is 4.74 Å². The lowest BCUT2D eigenvalue weighted by molar-refractivity contribution is -0.140. The molecule has 0 N–H and O–H groups in total. The monoisotopic (exact) mass is 400 g/mol. The third-order valence-corrected chi connectivity index (χ3v) is 8.32. The number of carbonyl (C=O) groups excluding carboxylic acids is 1. The highest BCUT2D eigenvalue weighted by Gasteiger charge is 2.35. The average molecular weight is 401 g/mol. The Morgan fingerprint density at radius 1 is 0.926 bits per heavy atom. The molecule has 2 heterocycles. The number of amides is 1. The third-order valence-electron chi connectivity index (χ3n) is 6.28. The normalized spacial score (nSPS) is 27.0. The molecule has 2 aliphatic heterocycles. The molecule has 156 valence electrons. The largest absolute Gasteiger partial charge is 0.375 e. The number of ether oxygens (including phenoxy) is 1. The van der Waals surface area contributed by atoms with Gasteiger partial charge < -0.3 is 9.64 Å². The fraction of sp³-hybridized carbons (Fsp3) is 0.950. The number of piperidine rings is 2. The summed E-state index contributed by atoms with van der Waals surface area (Å²) in [4.78, 5) is 14.9. The Kier molecular flexibility index (Phi) is 7.57. The van der Waals surface area contributed by atoms with E-state index in [-0.39, 0.29) is 23.7 Å². The van der Waals surface area contributed by atoms with Crippen LogP contribution in [0.15, 0.2) is 0 Å². The van der Waals surface area contributed by atoms with Crippen LogP contribution in [-0.4, -0.2) is 67.7 Å². The predicted octanol–water partition coefficient (Wildman–Crippen LogP) is 2.78. The van der Waals surface area contributed by atoms with Crippen LogP contribution in [0.25, 0.3) is 0 Å². The standard InChI is InChI=1S/C20H36N2O4S/c1-2-15-27(24,25)22-12-6-7-17(16-22)20(23)21-13-10-19(11-14-21)26-18-8-4-3-5-9-18/h17-19H,2-16H2,1H3. The zero-order valence-electron chi connectivity index (χ0n) is 16.8. The summed E-state index contributed by atoms with van der Waals surface area (Å²) in [6.45, 7) is 4.29. The topological polar surface area (TPSA) is 66.9 Å². The smallest absolute Gasteiger partial charge is 0.227 e. The van der Waals surface area contributed by atoms with Crippen molar-refractivity contribution in [1.82, 2.24) is 9.21 Å². The summed E-state index contributed by atoms with van der Waals surface area (Å²) in [6, 6.07) is 0. The molecule has 3 fully saturated rings. The van der Waals surface area contributed by atoms with E-state index >= 15 is 0 Å². The van der Waals surface area contributed by atoms with Crippen molar-refractivity contribution in [1.29, 1.82) is 0 Å². The van der Waals surface area contributed by atoms with Gasteiger partial charge in [0.1, 0.15) is 0 Å². The van der Waals surface area contributed by atoms with Gasteiger partial charge in [-0.2, -0.15) is 0 Å². The summed E-state index contributed by atoms with van der Waals surface area (Å²) < 4.78 is 32.5. The maximum Gasteiger partial charge on any atom is 0.227 e. The van der Waals surface area contributed by atoms with E-state index in [1.54, 1.807) is 4.31 Å². The molecule has 0 bridgehead atoms. The molecule has 7 heteroatoms. The van der Waals surface area contributed by atoms with Gasteiger partial charge in [0.15, 0.2) is 0 Å². The second-order valence-electron chi connectivity index (χ2n) is 8.43. The van der Waals surface area contributed by atoms with E-state index in [1.807, 2.05) is 11.8 Å². The number of hydrogen-bond donors (Lipinski definition) is 0. The number of likely N-dealkylation sites (tertiary alicyclic amines) is 1. The Bertz CT molecular complexity index is 581. The summed E-state index contributed by atoms with van der Waals surface area (Å²) in [5.74, 6) is 0.140. The minimum absolute atomic E-state index is 0.141. The van der Waals surface area contributed by atoms with Crippen LogP contribution in [0.4, 0.5) is 0 Å². The van der Waals surface area contributed by atoms with Crippen LogP contribution in [0.2, 0.25) is 0 Å². The van der Waals surface area contributed by atoms with E-state index in [9.17, 15) is 13.2 Å². The highest BCUT2D eigenvalue weighted by atomic mass is 32.2. The van der Waals surface area contributed by atoms with E-state index in [0.29, 0.717) is 25.6 Å². The minimum Gasteiger partial charge on any atom is -0.375 e. The van der Waals surface area contributed by atoms with Crippen molar-refractivity contribution in [3.05, 3.63) is 0 Å². The second kappa shape index (κ2) is 9.70. The number of rotatable bonds is 6. The molecule has 0 aromatic heterocycles. The fourth-order valence-corrected chi connectivity index (χ4v) is 6.32. The Morgan fingerprint density at radius 3 is 2.26 bits per heavy atom. The number of nitrogens with zero attached hydrogens (tertiary/aromatic N) is 2. The SMILES string of the molecule is CCCS(=O)(=O)N1CCCC(C(=O)N2CCC(OC3CCCCC3)CC2)C1. The molecule has 1 atom stereocenters. The molecule has 3 rings (SSSR count). The Hall–Kier alpha value is -0.660. The third kappa shape index (κ3) is 5.67. The maximum atomic E-state index is 12.9. The van der Waals surface area contributed by atoms with Gasteiger partial charge in [-0.1, -0.05) is 26.2 Å². The molecule has 0 aromatic carbocycles. The quantitative estimate of drug-likeness (QED) is 0.688. The highest BCUT2D eigenvalue weighted by Crippen LogP contribution is 2.27. The molecule has 6 nitrogen and oxygen atoms in total. The maximum absolute atomic E-state index is 12.9. The number of hydrogen-bond acceptors (Lipinski definition) is 4. The van der Waals surface area contributed by atoms with Crippen molar-refractivity contribution < 1.29 is 17.9 Å². The first-order valence-corrected chi connectivity index (χ1v) is 12.5. The van der Waals surface area contributed by atoms with Crippen molar-refractivity contribution in [3.8, 4) is 0 Å². The molecule has 3 aliphatic rings. The van der Waals surface area contributed by atoms with Gasteiger partial charge in [0, 0.05) is 26.2 Å². The summed E-state index contributed by atoms with van der Waals surface area (Å²) in [6.07, 6.45) is 11.0. The van der Waals surface area contributed by atoms with Gasteiger partial charge in [-0.05, 0) is 44.9 Å². The van der Waals surface area contributed by atoms with Crippen LogP contribution < -0.4 is 0 Å². The molecule has 1 saturated carbocycles. The fourth-order valence-electron chi connectivity index (χ4n) is 4.73. The lowest BCUT2D eigenvalue weighted by Crippen LogP contribution is -2.49. The van der Waals surface area contributed by atoms with Crippen LogP contribution >= 0.6 is 0 Å². The highest BCUT2D eigenvalue weighted by molar-refractivity contribution is 7.89. The minimum atomic E-state index is -3.21. The molecular weight excluding hydrogens is 364 g/mol. The van der Waals surface area contributed by atoms with E-state index < -0.39 is 10.0 Å². The zero-order chi connectivity index (χ0) is 19.3. The Morgan fingerprint density at radius 2 is 1.59 bits per heavy atom. The van der Waals surface area contributed by atoms with Crippen LogP contribution in [0.3, 0.4) is 0 Å². The van der Waals surface area contributed by atoms with Gasteiger partial charge in [-0.15, -0.1) is 0 Å². The molecule has 0 aromatic rings. The second-order valence-corrected chi connectivity index (χ2v) is 10.5. The zero-order valence-corrected chi connectivity index (χ0v) is 17.6. The van der Waals surface area contributed by atoms with Gasteiger partial charge in [-0.3, -0.25) is 4.79 Å². The number of carbonyl (C=O) groups is 1. The van der Waals surface area contributed by atoms with Crippen molar-refractivity contribution in [2.45, 2.75) is 83.3 Å². The summed E-state index contributed by atoms with van der Waals surface area (Å²) in [7, 11) is -3.21. The first kappa shape index (κ1) is 21.1. The summed E-state index contributed by atoms with van der Waals surface area (Å²) in [5.41, 5.74) is 0. The van der Waals surface area contributed by atoms with Gasteiger partial charge in [0.2, 0.25) is 15.9 Å². The Labute approximate surface area is 164 Å². The molecular formula is C20H36N2O4S. The van der Waals surface area contributed by atoms with E-state index in [1.165, 1.54) is 32.1 Å². The van der Waals surface area contributed by atoms with Gasteiger partial charge in [0.25, 0.3) is 0 Å². The van der Waals surface area contributed by atoms with E-state index in [2.05, 4.69) is 0 Å². The van der Waals surface area contributed by atoms with Crippen LogP contribution in [0, 0.1) is 5.92 Å². The van der Waals surface area contributed by atoms with Crippen molar-refractivity contribution >= 4 is 15.9 Å². The molecule has 1 unspecified atom stereocenters.